The SMILES string of the molecule is COc1cc(N2CC3(CC[C@@H](CNC(=O)c4cnn(C)c4)CO3)C2)ncn1. The first kappa shape index (κ1) is 17.7. The number of hydrogen-bond donors (Lipinski definition) is 1. The van der Waals surface area contributed by atoms with E-state index in [9.17, 15) is 4.79 Å². The second-order valence-electron chi connectivity index (χ2n) is 7.29. The van der Waals surface area contributed by atoms with Gasteiger partial charge >= 0.3 is 0 Å². The highest BCUT2D eigenvalue weighted by atomic mass is 16.5. The highest BCUT2D eigenvalue weighted by Gasteiger charge is 2.47. The lowest BCUT2D eigenvalue weighted by molar-refractivity contribution is -0.115. The van der Waals surface area contributed by atoms with Crippen molar-refractivity contribution in [2.45, 2.75) is 18.4 Å². The lowest BCUT2D eigenvalue weighted by Crippen LogP contribution is -2.65. The number of nitrogens with one attached hydrogen (secondary N) is 1. The third kappa shape index (κ3) is 3.73. The molecule has 4 rings (SSSR count). The molecular formula is C18H24N6O3. The van der Waals surface area contributed by atoms with Crippen LogP contribution in [0.4, 0.5) is 5.82 Å². The van der Waals surface area contributed by atoms with Gasteiger partial charge in [-0.15, -0.1) is 0 Å². The van der Waals surface area contributed by atoms with Crippen molar-refractivity contribution in [1.29, 1.82) is 0 Å². The van der Waals surface area contributed by atoms with Gasteiger partial charge in [-0.1, -0.05) is 0 Å². The third-order valence-electron chi connectivity index (χ3n) is 5.27. The summed E-state index contributed by atoms with van der Waals surface area (Å²) in [6, 6.07) is 1.84. The van der Waals surface area contributed by atoms with Crippen molar-refractivity contribution in [3.63, 3.8) is 0 Å². The van der Waals surface area contributed by atoms with Gasteiger partial charge in [-0.3, -0.25) is 9.48 Å². The summed E-state index contributed by atoms with van der Waals surface area (Å²) in [5.74, 6) is 1.68. The van der Waals surface area contributed by atoms with E-state index in [1.54, 1.807) is 31.2 Å². The van der Waals surface area contributed by atoms with Crippen LogP contribution in [0.5, 0.6) is 5.88 Å². The number of aromatic nitrogens is 4. The Morgan fingerprint density at radius 2 is 2.30 bits per heavy atom. The molecule has 0 aliphatic carbocycles. The first-order chi connectivity index (χ1) is 13.1. The van der Waals surface area contributed by atoms with Crippen LogP contribution in [-0.4, -0.2) is 64.6 Å². The zero-order valence-corrected chi connectivity index (χ0v) is 15.6. The van der Waals surface area contributed by atoms with E-state index in [4.69, 9.17) is 9.47 Å². The predicted molar refractivity (Wildman–Crippen MR) is 97.7 cm³/mol. The lowest BCUT2D eigenvalue weighted by Gasteiger charge is -2.53. The molecular weight excluding hydrogens is 348 g/mol. The van der Waals surface area contributed by atoms with Gasteiger partial charge in [0.15, 0.2) is 0 Å². The molecule has 1 amide bonds. The summed E-state index contributed by atoms with van der Waals surface area (Å²) in [5, 5.41) is 7.00. The number of methoxy groups -OCH3 is 1. The Balaban J connectivity index is 1.23. The summed E-state index contributed by atoms with van der Waals surface area (Å²) in [6.07, 6.45) is 6.83. The van der Waals surface area contributed by atoms with Crippen LogP contribution < -0.4 is 15.0 Å². The molecule has 1 spiro atoms. The minimum absolute atomic E-state index is 0.0871. The Kier molecular flexibility index (Phi) is 4.69. The molecule has 2 fully saturated rings. The van der Waals surface area contributed by atoms with Crippen molar-refractivity contribution in [1.82, 2.24) is 25.1 Å². The van der Waals surface area contributed by atoms with Crippen molar-refractivity contribution in [2.24, 2.45) is 13.0 Å². The fraction of sp³-hybridized carbons (Fsp3) is 0.556. The van der Waals surface area contributed by atoms with Gasteiger partial charge < -0.3 is 19.7 Å². The van der Waals surface area contributed by atoms with Crippen molar-refractivity contribution in [2.75, 3.05) is 38.3 Å². The van der Waals surface area contributed by atoms with Gasteiger partial charge in [0.1, 0.15) is 17.7 Å². The highest BCUT2D eigenvalue weighted by Crippen LogP contribution is 2.38. The summed E-state index contributed by atoms with van der Waals surface area (Å²) in [7, 11) is 3.39. The molecule has 2 saturated heterocycles. The Hall–Kier alpha value is -2.68. The molecule has 1 atom stereocenters. The van der Waals surface area contributed by atoms with Gasteiger partial charge in [-0.25, -0.2) is 9.97 Å². The molecule has 4 heterocycles. The maximum Gasteiger partial charge on any atom is 0.254 e. The molecule has 27 heavy (non-hydrogen) atoms. The van der Waals surface area contributed by atoms with E-state index in [0.717, 1.165) is 31.7 Å². The number of ether oxygens (including phenoxy) is 2. The van der Waals surface area contributed by atoms with Crippen LogP contribution >= 0.6 is 0 Å². The largest absolute Gasteiger partial charge is 0.481 e. The molecule has 2 aliphatic heterocycles. The van der Waals surface area contributed by atoms with Gasteiger partial charge in [0.25, 0.3) is 5.91 Å². The van der Waals surface area contributed by atoms with Crippen molar-refractivity contribution in [3.8, 4) is 5.88 Å². The Labute approximate surface area is 157 Å². The summed E-state index contributed by atoms with van der Waals surface area (Å²) in [6.45, 7) is 2.93. The molecule has 0 saturated carbocycles. The summed E-state index contributed by atoms with van der Waals surface area (Å²) >= 11 is 0. The number of carbonyl (C=O) groups excluding carboxylic acids is 1. The van der Waals surface area contributed by atoms with Gasteiger partial charge in [0, 0.05) is 25.9 Å². The minimum Gasteiger partial charge on any atom is -0.481 e. The second kappa shape index (κ2) is 7.15. The average Bonchev–Trinajstić information content (AvgIpc) is 3.11. The summed E-state index contributed by atoms with van der Waals surface area (Å²) < 4.78 is 13.0. The molecule has 2 aliphatic rings. The highest BCUT2D eigenvalue weighted by molar-refractivity contribution is 5.93. The van der Waals surface area contributed by atoms with E-state index >= 15 is 0 Å². The van der Waals surface area contributed by atoms with Crippen LogP contribution in [0, 0.1) is 5.92 Å². The number of nitrogens with zero attached hydrogens (tertiary/aromatic N) is 5. The van der Waals surface area contributed by atoms with E-state index in [1.165, 1.54) is 6.33 Å². The number of carbonyl (C=O) groups is 1. The van der Waals surface area contributed by atoms with E-state index in [0.29, 0.717) is 30.5 Å². The topological polar surface area (TPSA) is 94.4 Å². The number of hydrogen-bond acceptors (Lipinski definition) is 7. The third-order valence-corrected chi connectivity index (χ3v) is 5.27. The molecule has 2 aromatic heterocycles. The van der Waals surface area contributed by atoms with Crippen LogP contribution in [0.25, 0.3) is 0 Å². The standard InChI is InChI=1S/C18H24N6O3/c1-23-8-14(7-22-23)17(25)19-6-13-3-4-18(27-9-13)10-24(11-18)15-5-16(26-2)21-12-20-15/h5,7-8,12-13H,3-4,6,9-11H2,1-2H3,(H,19,25)/t13-/m0/s1. The molecule has 0 bridgehead atoms. The normalized spacial score (nSPS) is 21.0. The Morgan fingerprint density at radius 1 is 1.44 bits per heavy atom. The van der Waals surface area contributed by atoms with Crippen molar-refractivity contribution < 1.29 is 14.3 Å². The van der Waals surface area contributed by atoms with E-state index in [-0.39, 0.29) is 11.5 Å². The van der Waals surface area contributed by atoms with Crippen LogP contribution in [0.2, 0.25) is 0 Å². The fourth-order valence-corrected chi connectivity index (χ4v) is 3.63. The Bertz CT molecular complexity index is 807. The minimum atomic E-state index is -0.0952. The van der Waals surface area contributed by atoms with Crippen LogP contribution in [0.1, 0.15) is 23.2 Å². The predicted octanol–water partition coefficient (Wildman–Crippen LogP) is 0.634. The first-order valence-corrected chi connectivity index (χ1v) is 9.09. The fourth-order valence-electron chi connectivity index (χ4n) is 3.63. The van der Waals surface area contributed by atoms with E-state index in [2.05, 4.69) is 25.3 Å². The lowest BCUT2D eigenvalue weighted by atomic mass is 9.83. The quantitative estimate of drug-likeness (QED) is 0.823. The van der Waals surface area contributed by atoms with Crippen LogP contribution in [0.3, 0.4) is 0 Å². The van der Waals surface area contributed by atoms with Gasteiger partial charge in [0.2, 0.25) is 5.88 Å². The number of amides is 1. The molecule has 0 unspecified atom stereocenters. The summed E-state index contributed by atoms with van der Waals surface area (Å²) in [4.78, 5) is 22.6. The molecule has 9 nitrogen and oxygen atoms in total. The van der Waals surface area contributed by atoms with Gasteiger partial charge in [0.05, 0.1) is 38.6 Å². The van der Waals surface area contributed by atoms with Gasteiger partial charge in [-0.2, -0.15) is 5.10 Å². The molecule has 2 aromatic rings. The maximum atomic E-state index is 12.1. The number of rotatable bonds is 5. The second-order valence-corrected chi connectivity index (χ2v) is 7.29. The zero-order valence-electron chi connectivity index (χ0n) is 15.6. The number of anilines is 1. The molecule has 144 valence electrons. The maximum absolute atomic E-state index is 12.1. The summed E-state index contributed by atoms with van der Waals surface area (Å²) in [5.41, 5.74) is 0.489. The number of aryl methyl sites for hydroxylation is 1. The van der Waals surface area contributed by atoms with Gasteiger partial charge in [-0.05, 0) is 18.8 Å². The molecule has 9 heteroatoms. The van der Waals surface area contributed by atoms with Crippen LogP contribution in [0.15, 0.2) is 24.8 Å². The monoisotopic (exact) mass is 372 g/mol. The smallest absolute Gasteiger partial charge is 0.254 e. The van der Waals surface area contributed by atoms with Crippen molar-refractivity contribution in [3.05, 3.63) is 30.4 Å². The zero-order chi connectivity index (χ0) is 18.9. The van der Waals surface area contributed by atoms with Crippen LogP contribution in [-0.2, 0) is 11.8 Å². The van der Waals surface area contributed by atoms with Crippen molar-refractivity contribution >= 4 is 11.7 Å². The molecule has 0 radical (unpaired) electrons. The first-order valence-electron chi connectivity index (χ1n) is 9.09. The molecule has 1 N–H and O–H groups in total. The van der Waals surface area contributed by atoms with E-state index < -0.39 is 0 Å². The Morgan fingerprint density at radius 3 is 2.96 bits per heavy atom. The molecule has 0 aromatic carbocycles. The van der Waals surface area contributed by atoms with E-state index in [1.807, 2.05) is 6.07 Å². The average molecular weight is 372 g/mol.